The van der Waals surface area contributed by atoms with E-state index in [2.05, 4.69) is 0 Å². The van der Waals surface area contributed by atoms with E-state index in [1.807, 2.05) is 0 Å². The largest absolute Gasteiger partial charge is 0.482 e. The monoisotopic (exact) mass is 278 g/mol. The van der Waals surface area contributed by atoms with Gasteiger partial charge in [-0.05, 0) is 25.7 Å². The molecule has 0 bridgehead atoms. The third kappa shape index (κ3) is 5.52. The van der Waals surface area contributed by atoms with E-state index < -0.39 is 14.5 Å². The van der Waals surface area contributed by atoms with Crippen molar-refractivity contribution in [2.75, 3.05) is 27.4 Å². The highest BCUT2D eigenvalue weighted by atomic mass is 32.5. The van der Waals surface area contributed by atoms with Crippen molar-refractivity contribution in [2.45, 2.75) is 13.8 Å². The van der Waals surface area contributed by atoms with Crippen LogP contribution >= 0.6 is 14.5 Å². The maximum atomic E-state index is 11.9. The van der Waals surface area contributed by atoms with Gasteiger partial charge in [0.2, 0.25) is 0 Å². The molecule has 0 amide bonds. The van der Waals surface area contributed by atoms with Crippen molar-refractivity contribution < 1.29 is 27.0 Å². The predicted molar refractivity (Wildman–Crippen MR) is 60.2 cm³/mol. The molecule has 0 rings (SSSR count). The lowest BCUT2D eigenvalue weighted by Crippen LogP contribution is -2.00. The number of phosphoric ester groups is 1. The first kappa shape index (κ1) is 15.7. The Morgan fingerprint density at radius 1 is 1.07 bits per heavy atom. The highest BCUT2D eigenvalue weighted by Crippen LogP contribution is 2.65. The SMILES string of the molecule is CCOP(=O)(OCC)OP(=S)(OC)OC. The molecule has 0 aliphatic rings. The summed E-state index contributed by atoms with van der Waals surface area (Å²) in [5.74, 6) is 0. The zero-order valence-electron chi connectivity index (χ0n) is 9.17. The second-order valence-corrected chi connectivity index (χ2v) is 7.21. The number of phosphoric acid groups is 1. The summed E-state index contributed by atoms with van der Waals surface area (Å²) in [6.07, 6.45) is 0. The molecule has 9 heteroatoms. The van der Waals surface area contributed by atoms with Gasteiger partial charge in [0.15, 0.2) is 0 Å². The average Bonchev–Trinajstić information content (AvgIpc) is 2.18. The standard InChI is InChI=1S/C6H16O6P2S/c1-5-10-13(7,11-6-2)12-14(15,8-3)9-4/h5-6H2,1-4H3. The summed E-state index contributed by atoms with van der Waals surface area (Å²) in [7, 11) is -1.05. The smallest absolute Gasteiger partial charge is 0.312 e. The van der Waals surface area contributed by atoms with Crippen LogP contribution in [0, 0.1) is 0 Å². The number of hydrogen-bond acceptors (Lipinski definition) is 7. The van der Waals surface area contributed by atoms with Gasteiger partial charge in [0, 0.05) is 14.2 Å². The molecule has 0 aliphatic heterocycles. The van der Waals surface area contributed by atoms with Crippen molar-refractivity contribution in [3.8, 4) is 0 Å². The van der Waals surface area contributed by atoms with Crippen molar-refractivity contribution in [1.82, 2.24) is 0 Å². The fourth-order valence-electron chi connectivity index (χ4n) is 0.664. The normalized spacial score (nSPS) is 13.1. The van der Waals surface area contributed by atoms with Crippen molar-refractivity contribution in [1.29, 1.82) is 0 Å². The predicted octanol–water partition coefficient (Wildman–Crippen LogP) is 2.70. The van der Waals surface area contributed by atoms with E-state index in [0.29, 0.717) is 0 Å². The fourth-order valence-corrected chi connectivity index (χ4v) is 4.15. The van der Waals surface area contributed by atoms with Crippen molar-refractivity contribution in [2.24, 2.45) is 0 Å². The fraction of sp³-hybridized carbons (Fsp3) is 1.00. The topological polar surface area (TPSA) is 63.2 Å². The summed E-state index contributed by atoms with van der Waals surface area (Å²) in [4.78, 5) is 0. The van der Waals surface area contributed by atoms with E-state index in [0.717, 1.165) is 0 Å². The molecule has 0 saturated heterocycles. The van der Waals surface area contributed by atoms with Gasteiger partial charge in [-0.1, -0.05) is 0 Å². The first-order chi connectivity index (χ1) is 6.95. The van der Waals surface area contributed by atoms with Gasteiger partial charge in [-0.2, -0.15) is 0 Å². The van der Waals surface area contributed by atoms with Crippen LogP contribution in [0.4, 0.5) is 0 Å². The Bertz CT molecular complexity index is 252. The Labute approximate surface area is 95.1 Å². The lowest BCUT2D eigenvalue weighted by molar-refractivity contribution is 0.152. The Kier molecular flexibility index (Phi) is 7.41. The summed E-state index contributed by atoms with van der Waals surface area (Å²) in [5.41, 5.74) is 0. The van der Waals surface area contributed by atoms with Gasteiger partial charge >= 0.3 is 14.5 Å². The summed E-state index contributed by atoms with van der Waals surface area (Å²) in [5, 5.41) is 0. The lowest BCUT2D eigenvalue weighted by atomic mass is 10.9. The molecule has 15 heavy (non-hydrogen) atoms. The first-order valence-electron chi connectivity index (χ1n) is 4.27. The third-order valence-corrected chi connectivity index (χ3v) is 6.36. The van der Waals surface area contributed by atoms with Gasteiger partial charge in [0.1, 0.15) is 0 Å². The molecule has 0 spiro atoms. The van der Waals surface area contributed by atoms with Crippen LogP contribution in [-0.4, -0.2) is 27.4 Å². The van der Waals surface area contributed by atoms with Gasteiger partial charge in [0.25, 0.3) is 0 Å². The zero-order chi connectivity index (χ0) is 11.9. The molecule has 0 fully saturated rings. The molecule has 92 valence electrons. The molecular weight excluding hydrogens is 262 g/mol. The maximum absolute atomic E-state index is 11.9. The Morgan fingerprint density at radius 3 is 1.73 bits per heavy atom. The quantitative estimate of drug-likeness (QED) is 0.632. The average molecular weight is 278 g/mol. The van der Waals surface area contributed by atoms with Crippen molar-refractivity contribution >= 4 is 26.3 Å². The first-order valence-corrected chi connectivity index (χ1v) is 8.29. The Hall–Kier alpha value is 0.680. The van der Waals surface area contributed by atoms with Gasteiger partial charge in [-0.15, -0.1) is 0 Å². The minimum absolute atomic E-state index is 0.181. The van der Waals surface area contributed by atoms with E-state index in [1.165, 1.54) is 14.2 Å². The van der Waals surface area contributed by atoms with Crippen molar-refractivity contribution in [3.05, 3.63) is 0 Å². The molecule has 0 aromatic carbocycles. The number of hydrogen-bond donors (Lipinski definition) is 0. The van der Waals surface area contributed by atoms with E-state index in [1.54, 1.807) is 13.8 Å². The van der Waals surface area contributed by atoms with E-state index in [-0.39, 0.29) is 13.2 Å². The van der Waals surface area contributed by atoms with Crippen LogP contribution in [0.1, 0.15) is 13.8 Å². The summed E-state index contributed by atoms with van der Waals surface area (Å²) in [6, 6.07) is 0. The Morgan fingerprint density at radius 2 is 1.47 bits per heavy atom. The molecule has 0 radical (unpaired) electrons. The zero-order valence-corrected chi connectivity index (χ0v) is 11.8. The Balaban J connectivity index is 4.66. The summed E-state index contributed by atoms with van der Waals surface area (Å²) >= 11 is 4.89. The highest BCUT2D eigenvalue weighted by molar-refractivity contribution is 8.08. The lowest BCUT2D eigenvalue weighted by Gasteiger charge is -2.22. The van der Waals surface area contributed by atoms with Gasteiger partial charge < -0.3 is 9.05 Å². The highest BCUT2D eigenvalue weighted by Gasteiger charge is 2.35. The van der Waals surface area contributed by atoms with Crippen molar-refractivity contribution in [3.63, 3.8) is 0 Å². The molecular formula is C6H16O6P2S. The van der Waals surface area contributed by atoms with Crippen LogP contribution in [0.5, 0.6) is 0 Å². The van der Waals surface area contributed by atoms with E-state index >= 15 is 0 Å². The molecule has 0 atom stereocenters. The minimum atomic E-state index is -3.68. The number of rotatable bonds is 8. The van der Waals surface area contributed by atoms with Gasteiger partial charge in [0.05, 0.1) is 13.2 Å². The van der Waals surface area contributed by atoms with Crippen LogP contribution in [-0.2, 0) is 38.8 Å². The van der Waals surface area contributed by atoms with Gasteiger partial charge in [-0.3, -0.25) is 9.05 Å². The van der Waals surface area contributed by atoms with E-state index in [4.69, 9.17) is 34.2 Å². The third-order valence-electron chi connectivity index (χ3n) is 1.22. The second kappa shape index (κ2) is 7.09. The van der Waals surface area contributed by atoms with Crippen LogP contribution in [0.3, 0.4) is 0 Å². The molecule has 0 aromatic heterocycles. The van der Waals surface area contributed by atoms with Crippen LogP contribution < -0.4 is 0 Å². The molecule has 0 aliphatic carbocycles. The molecule has 0 unspecified atom stereocenters. The molecule has 0 heterocycles. The minimum Gasteiger partial charge on any atom is -0.312 e. The summed E-state index contributed by atoms with van der Waals surface area (Å²) < 4.78 is 36.3. The second-order valence-electron chi connectivity index (χ2n) is 2.18. The van der Waals surface area contributed by atoms with E-state index in [9.17, 15) is 4.57 Å². The molecule has 0 saturated carbocycles. The van der Waals surface area contributed by atoms with Crippen LogP contribution in [0.2, 0.25) is 0 Å². The molecule has 0 N–H and O–H groups in total. The van der Waals surface area contributed by atoms with Crippen LogP contribution in [0.15, 0.2) is 0 Å². The maximum Gasteiger partial charge on any atom is 0.482 e. The van der Waals surface area contributed by atoms with Crippen LogP contribution in [0.25, 0.3) is 0 Å². The molecule has 6 nitrogen and oxygen atoms in total. The van der Waals surface area contributed by atoms with Gasteiger partial charge in [-0.25, -0.2) is 8.88 Å². The summed E-state index contributed by atoms with van der Waals surface area (Å²) in [6.45, 7) is 0.649. The molecule has 0 aromatic rings.